The van der Waals surface area contributed by atoms with Crippen LogP contribution in [0.15, 0.2) is 6.20 Å². The summed E-state index contributed by atoms with van der Waals surface area (Å²) in [7, 11) is 0. The third-order valence-electron chi connectivity index (χ3n) is 4.66. The number of aromatic amines is 1. The van der Waals surface area contributed by atoms with Crippen LogP contribution in [0.1, 0.15) is 29.8 Å². The van der Waals surface area contributed by atoms with Gasteiger partial charge in [-0.2, -0.15) is 5.10 Å². The number of halogens is 1. The Hall–Kier alpha value is -1.11. The number of piperidine rings is 1. The number of carbonyl (C=O) groups excluding carboxylic acids is 1. The number of aliphatic hydroxyl groups is 1. The van der Waals surface area contributed by atoms with Crippen molar-refractivity contribution >= 4 is 17.5 Å². The van der Waals surface area contributed by atoms with Gasteiger partial charge in [-0.05, 0) is 38.3 Å². The van der Waals surface area contributed by atoms with E-state index in [2.05, 4.69) is 15.1 Å². The Morgan fingerprint density at radius 3 is 2.71 bits per heavy atom. The standard InChI is InChI=1S/C14H21ClN4O2/c15-12-7-16-17-13(12)14(21)19-8-11(9-19)18-4-1-10(2-5-18)3-6-20/h7,10-11,20H,1-6,8-9H2,(H,16,17). The van der Waals surface area contributed by atoms with Gasteiger partial charge in [0.25, 0.3) is 5.91 Å². The maximum Gasteiger partial charge on any atom is 0.273 e. The molecule has 6 nitrogen and oxygen atoms in total. The second-order valence-corrected chi connectivity index (χ2v) is 6.36. The monoisotopic (exact) mass is 312 g/mol. The van der Waals surface area contributed by atoms with Crippen LogP contribution in [0, 0.1) is 5.92 Å². The lowest BCUT2D eigenvalue weighted by Gasteiger charge is -2.47. The Labute approximate surface area is 129 Å². The Balaban J connectivity index is 1.46. The van der Waals surface area contributed by atoms with Crippen LogP contribution in [0.2, 0.25) is 5.02 Å². The average Bonchev–Trinajstić information content (AvgIpc) is 2.85. The van der Waals surface area contributed by atoms with Crippen molar-refractivity contribution in [2.24, 2.45) is 5.92 Å². The minimum Gasteiger partial charge on any atom is -0.396 e. The van der Waals surface area contributed by atoms with Gasteiger partial charge in [0.15, 0.2) is 0 Å². The first-order valence-electron chi connectivity index (χ1n) is 7.52. The molecule has 2 aliphatic rings. The van der Waals surface area contributed by atoms with E-state index >= 15 is 0 Å². The lowest BCUT2D eigenvalue weighted by Crippen LogP contribution is -2.62. The number of likely N-dealkylation sites (tertiary alicyclic amines) is 2. The summed E-state index contributed by atoms with van der Waals surface area (Å²) in [6, 6.07) is 0.464. The second-order valence-electron chi connectivity index (χ2n) is 5.95. The van der Waals surface area contributed by atoms with E-state index < -0.39 is 0 Å². The van der Waals surface area contributed by atoms with E-state index in [-0.39, 0.29) is 5.91 Å². The van der Waals surface area contributed by atoms with E-state index in [1.807, 2.05) is 4.90 Å². The Bertz CT molecular complexity index is 493. The fourth-order valence-corrected chi connectivity index (χ4v) is 3.39. The first-order chi connectivity index (χ1) is 10.2. The largest absolute Gasteiger partial charge is 0.396 e. The molecule has 3 heterocycles. The van der Waals surface area contributed by atoms with Gasteiger partial charge < -0.3 is 10.0 Å². The molecule has 1 aromatic rings. The molecule has 3 rings (SSSR count). The first kappa shape index (κ1) is 14.8. The maximum atomic E-state index is 12.2. The van der Waals surface area contributed by atoms with Crippen molar-refractivity contribution in [2.75, 3.05) is 32.8 Å². The van der Waals surface area contributed by atoms with Gasteiger partial charge in [-0.15, -0.1) is 0 Å². The predicted octanol–water partition coefficient (Wildman–Crippen LogP) is 0.982. The van der Waals surface area contributed by atoms with Crippen molar-refractivity contribution in [2.45, 2.75) is 25.3 Å². The van der Waals surface area contributed by atoms with E-state index in [1.54, 1.807) is 0 Å². The number of hydrogen-bond donors (Lipinski definition) is 2. The number of nitrogens with one attached hydrogen (secondary N) is 1. The number of amides is 1. The highest BCUT2D eigenvalue weighted by atomic mass is 35.5. The summed E-state index contributed by atoms with van der Waals surface area (Å²) in [6.07, 6.45) is 4.67. The predicted molar refractivity (Wildman–Crippen MR) is 79.3 cm³/mol. The average molecular weight is 313 g/mol. The fraction of sp³-hybridized carbons (Fsp3) is 0.714. The number of aromatic nitrogens is 2. The highest BCUT2D eigenvalue weighted by molar-refractivity contribution is 6.33. The first-order valence-corrected chi connectivity index (χ1v) is 7.90. The molecule has 0 unspecified atom stereocenters. The molecular formula is C14H21ClN4O2. The van der Waals surface area contributed by atoms with E-state index in [1.165, 1.54) is 6.20 Å². The lowest BCUT2D eigenvalue weighted by molar-refractivity contribution is 0.0126. The summed E-state index contributed by atoms with van der Waals surface area (Å²) in [4.78, 5) is 16.5. The lowest BCUT2D eigenvalue weighted by atomic mass is 9.92. The smallest absolute Gasteiger partial charge is 0.273 e. The van der Waals surface area contributed by atoms with Gasteiger partial charge in [-0.25, -0.2) is 0 Å². The summed E-state index contributed by atoms with van der Waals surface area (Å²) in [6.45, 7) is 3.96. The van der Waals surface area contributed by atoms with Crippen LogP contribution in [0.25, 0.3) is 0 Å². The molecule has 2 saturated heterocycles. The van der Waals surface area contributed by atoms with E-state index in [4.69, 9.17) is 16.7 Å². The van der Waals surface area contributed by atoms with Crippen LogP contribution in [-0.2, 0) is 0 Å². The Morgan fingerprint density at radius 1 is 1.43 bits per heavy atom. The molecule has 116 valence electrons. The quantitative estimate of drug-likeness (QED) is 0.869. The van der Waals surface area contributed by atoms with Crippen LogP contribution in [-0.4, -0.2) is 69.8 Å². The molecule has 0 radical (unpaired) electrons. The number of nitrogens with zero attached hydrogens (tertiary/aromatic N) is 3. The highest BCUT2D eigenvalue weighted by Crippen LogP contribution is 2.26. The SMILES string of the molecule is O=C(c1[nH]ncc1Cl)N1CC(N2CCC(CCO)CC2)C1. The summed E-state index contributed by atoms with van der Waals surface area (Å²) in [5, 5.41) is 15.8. The van der Waals surface area contributed by atoms with Crippen LogP contribution < -0.4 is 0 Å². The summed E-state index contributed by atoms with van der Waals surface area (Å²) < 4.78 is 0. The molecule has 2 fully saturated rings. The number of aliphatic hydroxyl groups excluding tert-OH is 1. The minimum absolute atomic E-state index is 0.0658. The van der Waals surface area contributed by atoms with E-state index in [0.717, 1.165) is 45.4 Å². The van der Waals surface area contributed by atoms with E-state index in [0.29, 0.717) is 29.3 Å². The van der Waals surface area contributed by atoms with Crippen molar-refractivity contribution in [1.82, 2.24) is 20.0 Å². The van der Waals surface area contributed by atoms with Crippen LogP contribution in [0.3, 0.4) is 0 Å². The molecule has 21 heavy (non-hydrogen) atoms. The summed E-state index contributed by atoms with van der Waals surface area (Å²) in [5.74, 6) is 0.594. The van der Waals surface area contributed by atoms with E-state index in [9.17, 15) is 4.79 Å². The van der Waals surface area contributed by atoms with Crippen molar-refractivity contribution in [1.29, 1.82) is 0 Å². The van der Waals surface area contributed by atoms with Crippen LogP contribution >= 0.6 is 11.6 Å². The van der Waals surface area contributed by atoms with Gasteiger partial charge in [-0.3, -0.25) is 14.8 Å². The summed E-state index contributed by atoms with van der Waals surface area (Å²) >= 11 is 5.92. The normalized spacial score (nSPS) is 21.5. The van der Waals surface area contributed by atoms with Crippen molar-refractivity contribution in [3.05, 3.63) is 16.9 Å². The number of hydrogen-bond acceptors (Lipinski definition) is 4. The molecular weight excluding hydrogens is 292 g/mol. The van der Waals surface area contributed by atoms with Crippen LogP contribution in [0.5, 0.6) is 0 Å². The van der Waals surface area contributed by atoms with Gasteiger partial charge in [0.2, 0.25) is 0 Å². The number of rotatable bonds is 4. The molecule has 2 N–H and O–H groups in total. The minimum atomic E-state index is -0.0658. The molecule has 0 saturated carbocycles. The Kier molecular flexibility index (Phi) is 4.47. The zero-order chi connectivity index (χ0) is 14.8. The molecule has 0 bridgehead atoms. The van der Waals surface area contributed by atoms with Crippen molar-refractivity contribution < 1.29 is 9.90 Å². The van der Waals surface area contributed by atoms with Gasteiger partial charge >= 0.3 is 0 Å². The third kappa shape index (κ3) is 3.07. The van der Waals surface area contributed by atoms with Gasteiger partial charge in [-0.1, -0.05) is 11.6 Å². The van der Waals surface area contributed by atoms with Crippen LogP contribution in [0.4, 0.5) is 0 Å². The molecule has 0 spiro atoms. The fourth-order valence-electron chi connectivity index (χ4n) is 3.22. The molecule has 0 atom stereocenters. The van der Waals surface area contributed by atoms with Gasteiger partial charge in [0, 0.05) is 25.7 Å². The molecule has 1 aromatic heterocycles. The Morgan fingerprint density at radius 2 is 2.14 bits per heavy atom. The third-order valence-corrected chi connectivity index (χ3v) is 4.95. The molecule has 2 aliphatic heterocycles. The topological polar surface area (TPSA) is 72.5 Å². The highest BCUT2D eigenvalue weighted by Gasteiger charge is 2.37. The van der Waals surface area contributed by atoms with Gasteiger partial charge in [0.1, 0.15) is 5.69 Å². The summed E-state index contributed by atoms with van der Waals surface area (Å²) in [5.41, 5.74) is 0.386. The zero-order valence-corrected chi connectivity index (χ0v) is 12.7. The van der Waals surface area contributed by atoms with Crippen molar-refractivity contribution in [3.8, 4) is 0 Å². The van der Waals surface area contributed by atoms with Gasteiger partial charge in [0.05, 0.1) is 11.2 Å². The van der Waals surface area contributed by atoms with Crippen molar-refractivity contribution in [3.63, 3.8) is 0 Å². The second kappa shape index (κ2) is 6.34. The molecule has 0 aliphatic carbocycles. The zero-order valence-electron chi connectivity index (χ0n) is 12.0. The number of carbonyl (C=O) groups is 1. The molecule has 1 amide bonds. The molecule has 0 aromatic carbocycles. The maximum absolute atomic E-state index is 12.2. The number of H-pyrrole nitrogens is 1. The molecule has 7 heteroatoms.